The summed E-state index contributed by atoms with van der Waals surface area (Å²) >= 11 is 0. The summed E-state index contributed by atoms with van der Waals surface area (Å²) in [5.74, 6) is -1.24. The van der Waals surface area contributed by atoms with Crippen molar-refractivity contribution in [3.63, 3.8) is 0 Å². The van der Waals surface area contributed by atoms with Crippen molar-refractivity contribution in [2.24, 2.45) is 11.8 Å². The van der Waals surface area contributed by atoms with Crippen molar-refractivity contribution in [2.75, 3.05) is 6.54 Å². The van der Waals surface area contributed by atoms with Gasteiger partial charge in [0.05, 0.1) is 5.92 Å². The Morgan fingerprint density at radius 3 is 2.43 bits per heavy atom. The summed E-state index contributed by atoms with van der Waals surface area (Å²) < 4.78 is 0. The standard InChI is InChI=1S/C17H28N2O4/c1-11(18-16(21)13-6-3-4-7-13)10-15(20)19-9-5-8-14(12(19)2)17(22)23/h11-14H,3-10H2,1-2H3,(H,18,21)(H,22,23)/t11?,12-,14-/m0/s1. The number of carbonyl (C=O) groups excluding carboxylic acids is 2. The average molecular weight is 324 g/mol. The Labute approximate surface area is 137 Å². The van der Waals surface area contributed by atoms with Gasteiger partial charge in [0, 0.05) is 31.0 Å². The molecule has 1 aliphatic carbocycles. The van der Waals surface area contributed by atoms with E-state index in [0.717, 1.165) is 32.1 Å². The monoisotopic (exact) mass is 324 g/mol. The molecule has 2 rings (SSSR count). The smallest absolute Gasteiger partial charge is 0.308 e. The second-order valence-electron chi connectivity index (χ2n) is 7.01. The van der Waals surface area contributed by atoms with Crippen LogP contribution in [0.4, 0.5) is 0 Å². The number of piperidine rings is 1. The number of rotatable bonds is 5. The lowest BCUT2D eigenvalue weighted by molar-refractivity contribution is -0.149. The minimum Gasteiger partial charge on any atom is -0.481 e. The van der Waals surface area contributed by atoms with Crippen molar-refractivity contribution < 1.29 is 19.5 Å². The van der Waals surface area contributed by atoms with E-state index < -0.39 is 11.9 Å². The lowest BCUT2D eigenvalue weighted by Gasteiger charge is -2.38. The van der Waals surface area contributed by atoms with E-state index in [4.69, 9.17) is 0 Å². The molecule has 1 unspecified atom stereocenters. The van der Waals surface area contributed by atoms with E-state index in [1.54, 1.807) is 11.8 Å². The third-order valence-electron chi connectivity index (χ3n) is 5.22. The van der Waals surface area contributed by atoms with Crippen LogP contribution in [-0.4, -0.2) is 46.4 Å². The van der Waals surface area contributed by atoms with Crippen LogP contribution in [0.1, 0.15) is 58.8 Å². The van der Waals surface area contributed by atoms with E-state index in [9.17, 15) is 19.5 Å². The minimum atomic E-state index is -0.836. The van der Waals surface area contributed by atoms with Crippen molar-refractivity contribution >= 4 is 17.8 Å². The SMILES string of the molecule is CC(CC(=O)N1CCC[C@H](C(=O)O)[C@@H]1C)NC(=O)C1CCCC1. The largest absolute Gasteiger partial charge is 0.481 e. The molecule has 3 atom stereocenters. The van der Waals surface area contributed by atoms with Crippen LogP contribution in [0.2, 0.25) is 0 Å². The van der Waals surface area contributed by atoms with E-state index in [1.165, 1.54) is 0 Å². The van der Waals surface area contributed by atoms with Crippen LogP contribution in [0.3, 0.4) is 0 Å². The van der Waals surface area contributed by atoms with Crippen LogP contribution in [0.15, 0.2) is 0 Å². The summed E-state index contributed by atoms with van der Waals surface area (Å²) in [5, 5.41) is 12.2. The van der Waals surface area contributed by atoms with E-state index >= 15 is 0 Å². The number of nitrogens with zero attached hydrogens (tertiary/aromatic N) is 1. The summed E-state index contributed by atoms with van der Waals surface area (Å²) in [6.45, 7) is 4.25. The van der Waals surface area contributed by atoms with Gasteiger partial charge in [0.25, 0.3) is 0 Å². The molecule has 6 heteroatoms. The fourth-order valence-corrected chi connectivity index (χ4v) is 3.80. The summed E-state index contributed by atoms with van der Waals surface area (Å²) in [6.07, 6.45) is 5.66. The maximum Gasteiger partial charge on any atom is 0.308 e. The molecule has 0 spiro atoms. The third-order valence-corrected chi connectivity index (χ3v) is 5.22. The van der Waals surface area contributed by atoms with Crippen molar-refractivity contribution in [1.82, 2.24) is 10.2 Å². The van der Waals surface area contributed by atoms with Gasteiger partial charge in [-0.3, -0.25) is 14.4 Å². The molecule has 0 radical (unpaired) electrons. The van der Waals surface area contributed by atoms with Gasteiger partial charge in [-0.15, -0.1) is 0 Å². The summed E-state index contributed by atoms with van der Waals surface area (Å²) in [6, 6.07) is -0.500. The van der Waals surface area contributed by atoms with Crippen LogP contribution in [0.25, 0.3) is 0 Å². The minimum absolute atomic E-state index is 0.0536. The maximum atomic E-state index is 12.5. The predicted molar refractivity (Wildman–Crippen MR) is 85.7 cm³/mol. The number of aliphatic carboxylic acids is 1. The van der Waals surface area contributed by atoms with Crippen molar-refractivity contribution in [2.45, 2.75) is 70.9 Å². The highest BCUT2D eigenvalue weighted by Gasteiger charge is 2.35. The molecular weight excluding hydrogens is 296 g/mol. The highest BCUT2D eigenvalue weighted by Crippen LogP contribution is 2.26. The Hall–Kier alpha value is -1.59. The van der Waals surface area contributed by atoms with Crippen molar-refractivity contribution in [3.8, 4) is 0 Å². The van der Waals surface area contributed by atoms with Gasteiger partial charge in [-0.05, 0) is 39.5 Å². The first-order valence-corrected chi connectivity index (χ1v) is 8.72. The molecule has 0 aromatic heterocycles. The Morgan fingerprint density at radius 2 is 1.83 bits per heavy atom. The normalized spacial score (nSPS) is 26.8. The number of hydrogen-bond donors (Lipinski definition) is 2. The van der Waals surface area contributed by atoms with Crippen molar-refractivity contribution in [1.29, 1.82) is 0 Å². The van der Waals surface area contributed by atoms with Crippen molar-refractivity contribution in [3.05, 3.63) is 0 Å². The Kier molecular flexibility index (Phi) is 6.02. The Morgan fingerprint density at radius 1 is 1.17 bits per heavy atom. The predicted octanol–water partition coefficient (Wildman–Crippen LogP) is 1.78. The van der Waals surface area contributed by atoms with Gasteiger partial charge >= 0.3 is 5.97 Å². The summed E-state index contributed by atoms with van der Waals surface area (Å²) in [4.78, 5) is 37.5. The van der Waals surface area contributed by atoms with E-state index in [-0.39, 0.29) is 36.2 Å². The number of likely N-dealkylation sites (tertiary alicyclic amines) is 1. The molecule has 1 saturated heterocycles. The molecule has 0 aromatic carbocycles. The molecule has 2 aliphatic rings. The zero-order valence-electron chi connectivity index (χ0n) is 14.1. The van der Waals surface area contributed by atoms with Gasteiger partial charge in [-0.25, -0.2) is 0 Å². The molecule has 2 amide bonds. The van der Waals surface area contributed by atoms with Gasteiger partial charge in [0.1, 0.15) is 0 Å². The fraction of sp³-hybridized carbons (Fsp3) is 0.824. The van der Waals surface area contributed by atoms with Gasteiger partial charge < -0.3 is 15.3 Å². The molecule has 1 aliphatic heterocycles. The zero-order valence-corrected chi connectivity index (χ0v) is 14.1. The number of hydrogen-bond acceptors (Lipinski definition) is 3. The van der Waals surface area contributed by atoms with E-state index in [1.807, 2.05) is 6.92 Å². The third kappa shape index (κ3) is 4.45. The molecule has 1 saturated carbocycles. The van der Waals surface area contributed by atoms with Crippen LogP contribution >= 0.6 is 0 Å². The van der Waals surface area contributed by atoms with Crippen LogP contribution in [0.5, 0.6) is 0 Å². The lowest BCUT2D eigenvalue weighted by atomic mass is 9.90. The van der Waals surface area contributed by atoms with Crippen LogP contribution in [0, 0.1) is 11.8 Å². The first-order valence-electron chi connectivity index (χ1n) is 8.72. The fourth-order valence-electron chi connectivity index (χ4n) is 3.80. The number of carbonyl (C=O) groups is 3. The first kappa shape index (κ1) is 17.8. The second-order valence-corrected chi connectivity index (χ2v) is 7.01. The lowest BCUT2D eigenvalue weighted by Crippen LogP contribution is -2.50. The summed E-state index contributed by atoms with van der Waals surface area (Å²) in [7, 11) is 0. The molecule has 130 valence electrons. The van der Waals surface area contributed by atoms with Gasteiger partial charge in [-0.1, -0.05) is 12.8 Å². The quantitative estimate of drug-likeness (QED) is 0.807. The molecule has 6 nitrogen and oxygen atoms in total. The topological polar surface area (TPSA) is 86.7 Å². The van der Waals surface area contributed by atoms with E-state index in [2.05, 4.69) is 5.32 Å². The number of carboxylic acid groups (broad SMARTS) is 1. The molecule has 2 N–H and O–H groups in total. The Bertz CT molecular complexity index is 460. The highest BCUT2D eigenvalue weighted by atomic mass is 16.4. The molecule has 1 heterocycles. The van der Waals surface area contributed by atoms with Gasteiger partial charge in [0.15, 0.2) is 0 Å². The average Bonchev–Trinajstić information content (AvgIpc) is 3.01. The number of nitrogens with one attached hydrogen (secondary N) is 1. The first-order chi connectivity index (χ1) is 10.9. The molecule has 23 heavy (non-hydrogen) atoms. The van der Waals surface area contributed by atoms with Gasteiger partial charge in [-0.2, -0.15) is 0 Å². The highest BCUT2D eigenvalue weighted by molar-refractivity contribution is 5.82. The van der Waals surface area contributed by atoms with E-state index in [0.29, 0.717) is 13.0 Å². The second kappa shape index (κ2) is 7.79. The molecule has 2 fully saturated rings. The molecular formula is C17H28N2O4. The number of carboxylic acids is 1. The Balaban J connectivity index is 1.85. The maximum absolute atomic E-state index is 12.5. The number of amides is 2. The zero-order chi connectivity index (χ0) is 17.0. The molecule has 0 bridgehead atoms. The van der Waals surface area contributed by atoms with Crippen LogP contribution < -0.4 is 5.32 Å². The van der Waals surface area contributed by atoms with Crippen LogP contribution in [-0.2, 0) is 14.4 Å². The molecule has 0 aromatic rings. The summed E-state index contributed by atoms with van der Waals surface area (Å²) in [5.41, 5.74) is 0. The van der Waals surface area contributed by atoms with Gasteiger partial charge in [0.2, 0.25) is 11.8 Å².